The molecule has 0 fully saturated rings. The monoisotopic (exact) mass is 492 g/mol. The average molecular weight is 493 g/mol. The second kappa shape index (κ2) is 8.03. The number of carbonyl (C=O) groups is 1. The van der Waals surface area contributed by atoms with Gasteiger partial charge in [0.1, 0.15) is 0 Å². The first-order valence-electron chi connectivity index (χ1n) is 7.40. The first-order valence-corrected chi connectivity index (χ1v) is 10.3. The number of aryl methyl sites for hydroxylation is 2. The van der Waals surface area contributed by atoms with Crippen LogP contribution in [-0.2, 0) is 14.8 Å². The van der Waals surface area contributed by atoms with Crippen LogP contribution in [0, 0.1) is 17.4 Å². The maximum absolute atomic E-state index is 12.6. The zero-order valence-electron chi connectivity index (χ0n) is 14.0. The molecular weight excluding hydrogens is 475 g/mol. The molecule has 0 unspecified atom stereocenters. The maximum Gasteiger partial charge on any atom is 0.243 e. The molecule has 0 heterocycles. The van der Waals surface area contributed by atoms with E-state index in [1.54, 1.807) is 36.4 Å². The van der Waals surface area contributed by atoms with Gasteiger partial charge in [0.2, 0.25) is 15.9 Å². The average Bonchev–Trinajstić information content (AvgIpc) is 2.52. The van der Waals surface area contributed by atoms with Crippen molar-refractivity contribution in [2.75, 3.05) is 18.9 Å². The van der Waals surface area contributed by atoms with Gasteiger partial charge in [-0.15, -0.1) is 0 Å². The molecule has 0 aliphatic heterocycles. The van der Waals surface area contributed by atoms with E-state index in [1.807, 2.05) is 13.8 Å². The molecule has 0 spiro atoms. The molecule has 2 aromatic rings. The third-order valence-electron chi connectivity index (χ3n) is 3.76. The van der Waals surface area contributed by atoms with Crippen molar-refractivity contribution in [2.24, 2.45) is 0 Å². The molecule has 0 aromatic heterocycles. The zero-order chi connectivity index (χ0) is 18.8. The lowest BCUT2D eigenvalue weighted by molar-refractivity contribution is -0.116. The Morgan fingerprint density at radius 3 is 2.44 bits per heavy atom. The Hall–Kier alpha value is -1.16. The fourth-order valence-corrected chi connectivity index (χ4v) is 4.24. The summed E-state index contributed by atoms with van der Waals surface area (Å²) in [5.41, 5.74) is 2.33. The number of likely N-dealkylation sites (N-methyl/N-ethyl adjacent to an activating group) is 1. The van der Waals surface area contributed by atoms with Gasteiger partial charge in [-0.05, 0) is 77.9 Å². The van der Waals surface area contributed by atoms with Gasteiger partial charge in [-0.2, -0.15) is 4.31 Å². The molecule has 0 bridgehead atoms. The zero-order valence-corrected chi connectivity index (χ0v) is 17.7. The molecule has 8 heteroatoms. The first kappa shape index (κ1) is 20.2. The summed E-state index contributed by atoms with van der Waals surface area (Å²) in [5, 5.41) is 3.03. The Bertz CT molecular complexity index is 916. The number of halogens is 2. The van der Waals surface area contributed by atoms with E-state index in [-0.39, 0.29) is 11.4 Å². The highest BCUT2D eigenvalue weighted by Crippen LogP contribution is 2.24. The summed E-state index contributed by atoms with van der Waals surface area (Å²) in [7, 11) is -2.37. The molecule has 1 amide bonds. The van der Waals surface area contributed by atoms with E-state index in [4.69, 9.17) is 11.6 Å². The second-order valence-corrected chi connectivity index (χ2v) is 9.38. The quantitative estimate of drug-likeness (QED) is 0.645. The van der Waals surface area contributed by atoms with E-state index >= 15 is 0 Å². The lowest BCUT2D eigenvalue weighted by Crippen LogP contribution is -2.35. The molecule has 0 aliphatic carbocycles. The van der Waals surface area contributed by atoms with Crippen LogP contribution in [-0.4, -0.2) is 32.2 Å². The van der Waals surface area contributed by atoms with Gasteiger partial charge in [0.05, 0.1) is 22.2 Å². The predicted octanol–water partition coefficient (Wildman–Crippen LogP) is 3.82. The fraction of sp³-hybridized carbons (Fsp3) is 0.235. The molecule has 1 N–H and O–H groups in total. The number of hydrogen-bond acceptors (Lipinski definition) is 3. The summed E-state index contributed by atoms with van der Waals surface area (Å²) < 4.78 is 27.2. The summed E-state index contributed by atoms with van der Waals surface area (Å²) in [6.45, 7) is 3.45. The standard InChI is InChI=1S/C17H18ClIN2O3S/c1-11-4-6-14(8-12(11)2)25(23,24)21(3)10-17(22)20-16-7-5-13(19)9-15(16)18/h4-9H,10H2,1-3H3,(H,20,22). The highest BCUT2D eigenvalue weighted by Gasteiger charge is 2.23. The third kappa shape index (κ3) is 4.93. The molecule has 5 nitrogen and oxygen atoms in total. The van der Waals surface area contributed by atoms with E-state index in [2.05, 4.69) is 27.9 Å². The van der Waals surface area contributed by atoms with Crippen LogP contribution in [0.4, 0.5) is 5.69 Å². The number of nitrogens with one attached hydrogen (secondary N) is 1. The smallest absolute Gasteiger partial charge is 0.243 e. The van der Waals surface area contributed by atoms with Gasteiger partial charge in [0, 0.05) is 10.6 Å². The summed E-state index contributed by atoms with van der Waals surface area (Å²) in [4.78, 5) is 12.3. The predicted molar refractivity (Wildman–Crippen MR) is 109 cm³/mol. The fourth-order valence-electron chi connectivity index (χ4n) is 2.12. The number of rotatable bonds is 5. The Balaban J connectivity index is 2.13. The lowest BCUT2D eigenvalue weighted by Gasteiger charge is -2.18. The van der Waals surface area contributed by atoms with Gasteiger partial charge in [-0.3, -0.25) is 4.79 Å². The Labute approximate surface area is 166 Å². The van der Waals surface area contributed by atoms with Crippen LogP contribution in [0.25, 0.3) is 0 Å². The number of nitrogens with zero attached hydrogens (tertiary/aromatic N) is 1. The minimum atomic E-state index is -3.74. The van der Waals surface area contributed by atoms with E-state index in [0.29, 0.717) is 10.7 Å². The Kier molecular flexibility index (Phi) is 6.47. The minimum Gasteiger partial charge on any atom is -0.324 e. The van der Waals surface area contributed by atoms with Gasteiger partial charge in [-0.25, -0.2) is 8.42 Å². The Morgan fingerprint density at radius 2 is 1.84 bits per heavy atom. The lowest BCUT2D eigenvalue weighted by atomic mass is 10.1. The van der Waals surface area contributed by atoms with Gasteiger partial charge in [0.25, 0.3) is 0 Å². The van der Waals surface area contributed by atoms with Gasteiger partial charge >= 0.3 is 0 Å². The molecule has 2 rings (SSSR count). The molecule has 0 aliphatic rings. The van der Waals surface area contributed by atoms with Gasteiger partial charge < -0.3 is 5.32 Å². The van der Waals surface area contributed by atoms with Crippen LogP contribution in [0.5, 0.6) is 0 Å². The SMILES string of the molecule is Cc1ccc(S(=O)(=O)N(C)CC(=O)Nc2ccc(I)cc2Cl)cc1C. The number of hydrogen-bond donors (Lipinski definition) is 1. The summed E-state index contributed by atoms with van der Waals surface area (Å²) in [6.07, 6.45) is 0. The van der Waals surface area contributed by atoms with Crippen molar-refractivity contribution in [2.45, 2.75) is 18.7 Å². The number of amides is 1. The highest BCUT2D eigenvalue weighted by atomic mass is 127. The maximum atomic E-state index is 12.6. The molecular formula is C17H18ClIN2O3S. The van der Waals surface area contributed by atoms with E-state index < -0.39 is 15.9 Å². The Morgan fingerprint density at radius 1 is 1.16 bits per heavy atom. The van der Waals surface area contributed by atoms with Crippen molar-refractivity contribution in [1.29, 1.82) is 0 Å². The van der Waals surface area contributed by atoms with Crippen LogP contribution >= 0.6 is 34.2 Å². The van der Waals surface area contributed by atoms with Crippen molar-refractivity contribution in [3.8, 4) is 0 Å². The van der Waals surface area contributed by atoms with Crippen LogP contribution in [0.3, 0.4) is 0 Å². The largest absolute Gasteiger partial charge is 0.324 e. The highest BCUT2D eigenvalue weighted by molar-refractivity contribution is 14.1. The number of benzene rings is 2. The number of anilines is 1. The van der Waals surface area contributed by atoms with Crippen LogP contribution in [0.2, 0.25) is 5.02 Å². The number of sulfonamides is 1. The van der Waals surface area contributed by atoms with Crippen molar-refractivity contribution in [1.82, 2.24) is 4.31 Å². The van der Waals surface area contributed by atoms with Crippen molar-refractivity contribution in [3.63, 3.8) is 0 Å². The topological polar surface area (TPSA) is 66.5 Å². The van der Waals surface area contributed by atoms with Crippen LogP contribution < -0.4 is 5.32 Å². The van der Waals surface area contributed by atoms with Crippen molar-refractivity contribution >= 4 is 55.8 Å². The summed E-state index contributed by atoms with van der Waals surface area (Å²) in [6, 6.07) is 10.1. The van der Waals surface area contributed by atoms with Crippen LogP contribution in [0.1, 0.15) is 11.1 Å². The molecule has 134 valence electrons. The molecule has 0 atom stereocenters. The first-order chi connectivity index (χ1) is 11.6. The normalized spacial score (nSPS) is 11.6. The molecule has 0 radical (unpaired) electrons. The number of carbonyl (C=O) groups excluding carboxylic acids is 1. The van der Waals surface area contributed by atoms with Gasteiger partial charge in [0.15, 0.2) is 0 Å². The van der Waals surface area contributed by atoms with E-state index in [1.165, 1.54) is 7.05 Å². The molecule has 0 saturated heterocycles. The summed E-state index contributed by atoms with van der Waals surface area (Å²) >= 11 is 8.19. The summed E-state index contributed by atoms with van der Waals surface area (Å²) in [5.74, 6) is -0.460. The third-order valence-corrected chi connectivity index (χ3v) is 6.54. The molecule has 2 aromatic carbocycles. The molecule has 25 heavy (non-hydrogen) atoms. The van der Waals surface area contributed by atoms with Crippen molar-refractivity contribution < 1.29 is 13.2 Å². The second-order valence-electron chi connectivity index (χ2n) is 5.68. The van der Waals surface area contributed by atoms with Crippen LogP contribution in [0.15, 0.2) is 41.3 Å². The van der Waals surface area contributed by atoms with E-state index in [9.17, 15) is 13.2 Å². The van der Waals surface area contributed by atoms with Crippen molar-refractivity contribution in [3.05, 3.63) is 56.1 Å². The van der Waals surface area contributed by atoms with Gasteiger partial charge in [-0.1, -0.05) is 17.7 Å². The van der Waals surface area contributed by atoms with E-state index in [0.717, 1.165) is 19.0 Å². The molecule has 0 saturated carbocycles. The minimum absolute atomic E-state index is 0.165.